The summed E-state index contributed by atoms with van der Waals surface area (Å²) in [6.45, 7) is 4.80. The van der Waals surface area contributed by atoms with Crippen molar-refractivity contribution in [2.75, 3.05) is 6.54 Å². The maximum absolute atomic E-state index is 14.0. The summed E-state index contributed by atoms with van der Waals surface area (Å²) in [5, 5.41) is 3.58. The van der Waals surface area contributed by atoms with Gasteiger partial charge in [-0.15, -0.1) is 0 Å². The molecule has 0 spiro atoms. The number of hydrogen-bond donors (Lipinski definition) is 1. The molecule has 0 aromatic heterocycles. The van der Waals surface area contributed by atoms with E-state index in [1.165, 1.54) is 5.56 Å². The van der Waals surface area contributed by atoms with Crippen molar-refractivity contribution in [3.05, 3.63) is 71.0 Å². The first-order chi connectivity index (χ1) is 10.2. The Morgan fingerprint density at radius 1 is 1.14 bits per heavy atom. The maximum Gasteiger partial charge on any atom is 0.126 e. The van der Waals surface area contributed by atoms with Gasteiger partial charge in [-0.05, 0) is 49.1 Å². The molecule has 0 bridgehead atoms. The molecule has 3 rings (SSSR count). The quantitative estimate of drug-likeness (QED) is 0.851. The Kier molecular flexibility index (Phi) is 3.81. The summed E-state index contributed by atoms with van der Waals surface area (Å²) in [4.78, 5) is 0. The predicted octanol–water partition coefficient (Wildman–Crippen LogP) is 4.52. The highest BCUT2D eigenvalue weighted by atomic mass is 19.1. The Morgan fingerprint density at radius 2 is 1.86 bits per heavy atom. The van der Waals surface area contributed by atoms with E-state index in [9.17, 15) is 4.39 Å². The molecule has 1 aliphatic rings. The molecule has 0 radical (unpaired) electrons. The molecule has 0 saturated heterocycles. The van der Waals surface area contributed by atoms with Gasteiger partial charge in [0.2, 0.25) is 0 Å². The summed E-state index contributed by atoms with van der Waals surface area (Å²) in [5.41, 5.74) is 3.25. The fraction of sp³-hybridized carbons (Fsp3) is 0.368. The summed E-state index contributed by atoms with van der Waals surface area (Å²) in [7, 11) is 0. The van der Waals surface area contributed by atoms with E-state index in [4.69, 9.17) is 0 Å². The van der Waals surface area contributed by atoms with E-state index >= 15 is 0 Å². The van der Waals surface area contributed by atoms with Crippen molar-refractivity contribution >= 4 is 0 Å². The Labute approximate surface area is 126 Å². The third-order valence-corrected chi connectivity index (χ3v) is 4.63. The first-order valence-electron chi connectivity index (χ1n) is 7.72. The molecule has 1 unspecified atom stereocenters. The van der Waals surface area contributed by atoms with Crippen molar-refractivity contribution in [2.24, 2.45) is 0 Å². The fourth-order valence-electron chi connectivity index (χ4n) is 3.27. The van der Waals surface area contributed by atoms with Gasteiger partial charge in [0.1, 0.15) is 5.82 Å². The van der Waals surface area contributed by atoms with E-state index in [1.54, 1.807) is 6.07 Å². The zero-order valence-electron chi connectivity index (χ0n) is 12.7. The summed E-state index contributed by atoms with van der Waals surface area (Å²) >= 11 is 0. The van der Waals surface area contributed by atoms with Gasteiger partial charge in [-0.3, -0.25) is 0 Å². The van der Waals surface area contributed by atoms with Gasteiger partial charge in [-0.1, -0.05) is 49.4 Å². The molecule has 2 aromatic carbocycles. The molecular weight excluding hydrogens is 261 g/mol. The van der Waals surface area contributed by atoms with Crippen molar-refractivity contribution in [3.8, 4) is 0 Å². The molecule has 21 heavy (non-hydrogen) atoms. The van der Waals surface area contributed by atoms with Gasteiger partial charge in [0.05, 0.1) is 0 Å². The van der Waals surface area contributed by atoms with Crippen LogP contribution in [-0.4, -0.2) is 6.54 Å². The smallest absolute Gasteiger partial charge is 0.126 e. The Morgan fingerprint density at radius 3 is 2.43 bits per heavy atom. The largest absolute Gasteiger partial charge is 0.309 e. The third-order valence-electron chi connectivity index (χ3n) is 4.63. The van der Waals surface area contributed by atoms with Crippen LogP contribution in [0.4, 0.5) is 4.39 Å². The van der Waals surface area contributed by atoms with Gasteiger partial charge in [-0.25, -0.2) is 4.39 Å². The van der Waals surface area contributed by atoms with Crippen LogP contribution in [0.1, 0.15) is 42.5 Å². The van der Waals surface area contributed by atoms with E-state index in [0.717, 1.165) is 24.9 Å². The lowest BCUT2D eigenvalue weighted by Gasteiger charge is -2.29. The molecule has 2 heteroatoms. The van der Waals surface area contributed by atoms with Crippen LogP contribution in [0, 0.1) is 12.7 Å². The van der Waals surface area contributed by atoms with Crippen LogP contribution < -0.4 is 5.32 Å². The number of halogens is 1. The molecule has 0 aliphatic heterocycles. The van der Waals surface area contributed by atoms with Gasteiger partial charge in [0.15, 0.2) is 0 Å². The van der Waals surface area contributed by atoms with Crippen molar-refractivity contribution in [1.82, 2.24) is 5.32 Å². The van der Waals surface area contributed by atoms with Gasteiger partial charge in [-0.2, -0.15) is 0 Å². The molecule has 0 amide bonds. The molecular formula is C19H22FN. The number of hydrogen-bond acceptors (Lipinski definition) is 1. The van der Waals surface area contributed by atoms with Crippen molar-refractivity contribution in [3.63, 3.8) is 0 Å². The number of rotatable bonds is 5. The molecule has 1 nitrogen and oxygen atoms in total. The minimum Gasteiger partial charge on any atom is -0.309 e. The maximum atomic E-state index is 14.0. The Bertz CT molecular complexity index is 617. The lowest BCUT2D eigenvalue weighted by molar-refractivity contribution is 0.437. The van der Waals surface area contributed by atoms with Crippen molar-refractivity contribution in [1.29, 1.82) is 0 Å². The molecule has 1 N–H and O–H groups in total. The van der Waals surface area contributed by atoms with E-state index in [1.807, 2.05) is 19.1 Å². The summed E-state index contributed by atoms with van der Waals surface area (Å²) in [5.74, 6) is -0.112. The molecule has 1 fully saturated rings. The molecule has 2 aromatic rings. The van der Waals surface area contributed by atoms with Crippen LogP contribution in [-0.2, 0) is 5.41 Å². The van der Waals surface area contributed by atoms with Crippen LogP contribution in [0.2, 0.25) is 0 Å². The summed E-state index contributed by atoms with van der Waals surface area (Å²) < 4.78 is 14.0. The van der Waals surface area contributed by atoms with Gasteiger partial charge >= 0.3 is 0 Å². The third kappa shape index (κ3) is 2.60. The van der Waals surface area contributed by atoms with Crippen LogP contribution >= 0.6 is 0 Å². The normalized spacial score (nSPS) is 17.5. The Hall–Kier alpha value is -1.67. The predicted molar refractivity (Wildman–Crippen MR) is 84.9 cm³/mol. The minimum absolute atomic E-state index is 0.112. The topological polar surface area (TPSA) is 12.0 Å². The first-order valence-corrected chi connectivity index (χ1v) is 7.72. The highest BCUT2D eigenvalue weighted by Gasteiger charge is 2.50. The van der Waals surface area contributed by atoms with Gasteiger partial charge in [0, 0.05) is 11.5 Å². The minimum atomic E-state index is -0.112. The standard InChI is InChI=1S/C19H22FN/c1-3-21-18(15-10-9-14(2)17(20)13-15)19(11-12-19)16-7-5-4-6-8-16/h4-10,13,18,21H,3,11-12H2,1-2H3. The lowest BCUT2D eigenvalue weighted by Crippen LogP contribution is -2.32. The molecule has 1 aliphatic carbocycles. The monoisotopic (exact) mass is 283 g/mol. The van der Waals surface area contributed by atoms with Crippen LogP contribution in [0.15, 0.2) is 48.5 Å². The van der Waals surface area contributed by atoms with Crippen LogP contribution in [0.5, 0.6) is 0 Å². The number of likely N-dealkylation sites (N-methyl/N-ethyl adjacent to an activating group) is 1. The second kappa shape index (κ2) is 5.61. The number of nitrogens with one attached hydrogen (secondary N) is 1. The average Bonchev–Trinajstić information content (AvgIpc) is 3.30. The molecule has 1 atom stereocenters. The fourth-order valence-corrected chi connectivity index (χ4v) is 3.27. The second-order valence-electron chi connectivity index (χ2n) is 6.02. The first kappa shape index (κ1) is 14.3. The van der Waals surface area contributed by atoms with Gasteiger partial charge < -0.3 is 5.32 Å². The van der Waals surface area contributed by atoms with E-state index < -0.39 is 0 Å². The Balaban J connectivity index is 2.00. The molecule has 0 heterocycles. The van der Waals surface area contributed by atoms with Gasteiger partial charge in [0.25, 0.3) is 0 Å². The molecule has 110 valence electrons. The average molecular weight is 283 g/mol. The van der Waals surface area contributed by atoms with E-state index in [0.29, 0.717) is 5.56 Å². The zero-order chi connectivity index (χ0) is 14.9. The van der Waals surface area contributed by atoms with Crippen LogP contribution in [0.25, 0.3) is 0 Å². The lowest BCUT2D eigenvalue weighted by atomic mass is 9.83. The van der Waals surface area contributed by atoms with Crippen LogP contribution in [0.3, 0.4) is 0 Å². The van der Waals surface area contributed by atoms with E-state index in [-0.39, 0.29) is 17.3 Å². The number of aryl methyl sites for hydroxylation is 1. The van der Waals surface area contributed by atoms with Crippen molar-refractivity contribution in [2.45, 2.75) is 38.1 Å². The SMILES string of the molecule is CCNC(c1ccc(C)c(F)c1)C1(c2ccccc2)CC1. The highest BCUT2D eigenvalue weighted by molar-refractivity contribution is 5.39. The second-order valence-corrected chi connectivity index (χ2v) is 6.02. The highest BCUT2D eigenvalue weighted by Crippen LogP contribution is 2.56. The zero-order valence-corrected chi connectivity index (χ0v) is 12.7. The molecule has 1 saturated carbocycles. The van der Waals surface area contributed by atoms with Crippen molar-refractivity contribution < 1.29 is 4.39 Å². The number of benzene rings is 2. The summed E-state index contributed by atoms with van der Waals surface area (Å²) in [6, 6.07) is 16.5. The van der Waals surface area contributed by atoms with E-state index in [2.05, 4.69) is 42.6 Å². The summed E-state index contributed by atoms with van der Waals surface area (Å²) in [6.07, 6.45) is 2.31.